The highest BCUT2D eigenvalue weighted by molar-refractivity contribution is 5.42. The van der Waals surface area contributed by atoms with E-state index in [-0.39, 0.29) is 0 Å². The van der Waals surface area contributed by atoms with Gasteiger partial charge in [0.15, 0.2) is 0 Å². The molecular weight excluding hydrogens is 240 g/mol. The number of aliphatic hydroxyl groups is 1. The highest BCUT2D eigenvalue weighted by atomic mass is 16.7. The third-order valence-corrected chi connectivity index (χ3v) is 4.11. The summed E-state index contributed by atoms with van der Waals surface area (Å²) in [5.74, 6) is -0.852. The molecule has 2 aliphatic rings. The van der Waals surface area contributed by atoms with Crippen molar-refractivity contribution in [1.82, 2.24) is 0 Å². The number of benzene rings is 1. The number of hydrogen-bond donors (Lipinski definition) is 1. The fourth-order valence-electron chi connectivity index (χ4n) is 2.92. The van der Waals surface area contributed by atoms with Crippen LogP contribution in [-0.2, 0) is 20.9 Å². The van der Waals surface area contributed by atoms with Crippen molar-refractivity contribution < 1.29 is 14.6 Å². The molecule has 0 fully saturated rings. The van der Waals surface area contributed by atoms with E-state index in [1.807, 2.05) is 38.1 Å². The summed E-state index contributed by atoms with van der Waals surface area (Å²) in [5.41, 5.74) is 1.83. The molecule has 0 aromatic heterocycles. The number of allylic oxidation sites excluding steroid dienone is 1. The van der Waals surface area contributed by atoms with Crippen molar-refractivity contribution in [3.63, 3.8) is 0 Å². The molecule has 1 aliphatic heterocycles. The van der Waals surface area contributed by atoms with Gasteiger partial charge >= 0.3 is 0 Å². The van der Waals surface area contributed by atoms with Gasteiger partial charge in [-0.15, -0.1) is 0 Å². The molecule has 1 N–H and O–H groups in total. The first-order chi connectivity index (χ1) is 9.06. The predicted octanol–water partition coefficient (Wildman–Crippen LogP) is 3.31. The Bertz CT molecular complexity index is 551. The van der Waals surface area contributed by atoms with E-state index in [1.54, 1.807) is 0 Å². The van der Waals surface area contributed by atoms with Crippen molar-refractivity contribution >= 4 is 0 Å². The van der Waals surface area contributed by atoms with Crippen molar-refractivity contribution in [2.75, 3.05) is 0 Å². The second-order valence-electron chi connectivity index (χ2n) is 5.29. The maximum atomic E-state index is 11.0. The largest absolute Gasteiger partial charge is 0.453 e. The van der Waals surface area contributed by atoms with Crippen LogP contribution in [0.5, 0.6) is 0 Å². The smallest absolute Gasteiger partial charge is 0.274 e. The summed E-state index contributed by atoms with van der Waals surface area (Å²) in [7, 11) is 0. The van der Waals surface area contributed by atoms with Crippen LogP contribution in [0.3, 0.4) is 0 Å². The molecule has 100 valence electrons. The lowest BCUT2D eigenvalue weighted by atomic mass is 9.83. The number of rotatable bonds is 2. The molecule has 0 amide bonds. The van der Waals surface area contributed by atoms with Crippen LogP contribution < -0.4 is 0 Å². The summed E-state index contributed by atoms with van der Waals surface area (Å²) < 4.78 is 11.1. The number of hydrogen-bond acceptors (Lipinski definition) is 3. The van der Waals surface area contributed by atoms with Crippen LogP contribution >= 0.6 is 0 Å². The highest BCUT2D eigenvalue weighted by Gasteiger charge is 2.42. The van der Waals surface area contributed by atoms with Gasteiger partial charge in [-0.1, -0.05) is 30.3 Å². The van der Waals surface area contributed by atoms with Gasteiger partial charge in [-0.25, -0.2) is 0 Å². The maximum absolute atomic E-state index is 11.0. The molecule has 1 aromatic carbocycles. The Morgan fingerprint density at radius 3 is 2.32 bits per heavy atom. The van der Waals surface area contributed by atoms with Gasteiger partial charge in [-0.3, -0.25) is 0 Å². The second-order valence-corrected chi connectivity index (χ2v) is 5.29. The average Bonchev–Trinajstić information content (AvgIpc) is 2.99. The standard InChI is InChI=1S/C16H18O3/c1-12-6-5-9-16(12,17)14-8-4-3-7-13(14)15(2)18-10-11-19-15/h3-4,6-8,10-11,17H,5,9H2,1-2H3. The quantitative estimate of drug-likeness (QED) is 0.827. The van der Waals surface area contributed by atoms with E-state index in [1.165, 1.54) is 12.5 Å². The van der Waals surface area contributed by atoms with Gasteiger partial charge in [0, 0.05) is 12.5 Å². The first-order valence-electron chi connectivity index (χ1n) is 6.56. The van der Waals surface area contributed by atoms with E-state index < -0.39 is 11.4 Å². The molecule has 0 saturated carbocycles. The van der Waals surface area contributed by atoms with Gasteiger partial charge in [-0.05, 0) is 30.9 Å². The molecule has 1 heterocycles. The fraction of sp³-hybridized carbons (Fsp3) is 0.375. The van der Waals surface area contributed by atoms with E-state index in [9.17, 15) is 5.11 Å². The predicted molar refractivity (Wildman–Crippen MR) is 72.0 cm³/mol. The van der Waals surface area contributed by atoms with Crippen LogP contribution in [0.1, 0.15) is 37.8 Å². The Labute approximate surface area is 113 Å². The van der Waals surface area contributed by atoms with Crippen LogP contribution in [0.15, 0.2) is 48.4 Å². The van der Waals surface area contributed by atoms with Gasteiger partial charge in [0.05, 0.1) is 0 Å². The van der Waals surface area contributed by atoms with E-state index in [2.05, 4.69) is 6.08 Å². The van der Waals surface area contributed by atoms with Crippen LogP contribution in [0, 0.1) is 0 Å². The van der Waals surface area contributed by atoms with Crippen molar-refractivity contribution in [2.24, 2.45) is 0 Å². The van der Waals surface area contributed by atoms with Gasteiger partial charge < -0.3 is 14.6 Å². The summed E-state index contributed by atoms with van der Waals surface area (Å²) in [6.45, 7) is 3.84. The highest BCUT2D eigenvalue weighted by Crippen LogP contribution is 2.44. The Morgan fingerprint density at radius 2 is 1.74 bits per heavy atom. The third kappa shape index (κ3) is 1.77. The molecule has 0 spiro atoms. The SMILES string of the molecule is CC1=CCCC1(O)c1ccccc1C1(C)OC=CO1. The van der Waals surface area contributed by atoms with E-state index in [4.69, 9.17) is 9.47 Å². The van der Waals surface area contributed by atoms with Gasteiger partial charge in [0.2, 0.25) is 0 Å². The monoisotopic (exact) mass is 258 g/mol. The lowest BCUT2D eigenvalue weighted by Gasteiger charge is -2.33. The topological polar surface area (TPSA) is 38.7 Å². The Kier molecular flexibility index (Phi) is 2.68. The normalized spacial score (nSPS) is 27.8. The molecule has 3 nitrogen and oxygen atoms in total. The molecule has 3 heteroatoms. The molecule has 1 atom stereocenters. The zero-order valence-corrected chi connectivity index (χ0v) is 11.2. The third-order valence-electron chi connectivity index (χ3n) is 4.11. The molecular formula is C16H18O3. The minimum absolute atomic E-state index is 0.708. The molecule has 1 unspecified atom stereocenters. The Hall–Kier alpha value is -1.74. The van der Waals surface area contributed by atoms with Crippen molar-refractivity contribution in [2.45, 2.75) is 38.1 Å². The maximum Gasteiger partial charge on any atom is 0.274 e. The Balaban J connectivity index is 2.11. The van der Waals surface area contributed by atoms with Gasteiger partial charge in [0.25, 0.3) is 5.79 Å². The van der Waals surface area contributed by atoms with Gasteiger partial charge in [0.1, 0.15) is 18.1 Å². The van der Waals surface area contributed by atoms with Crippen molar-refractivity contribution in [3.05, 3.63) is 59.6 Å². The summed E-state index contributed by atoms with van der Waals surface area (Å²) in [6, 6.07) is 7.78. The summed E-state index contributed by atoms with van der Waals surface area (Å²) >= 11 is 0. The van der Waals surface area contributed by atoms with Crippen LogP contribution in [0.4, 0.5) is 0 Å². The molecule has 1 aromatic rings. The summed E-state index contributed by atoms with van der Waals surface area (Å²) in [6.07, 6.45) is 6.77. The zero-order chi connectivity index (χ0) is 13.5. The zero-order valence-electron chi connectivity index (χ0n) is 11.2. The molecule has 0 radical (unpaired) electrons. The Morgan fingerprint density at radius 1 is 1.11 bits per heavy atom. The average molecular weight is 258 g/mol. The first-order valence-corrected chi connectivity index (χ1v) is 6.56. The minimum atomic E-state index is -0.908. The van der Waals surface area contributed by atoms with Crippen LogP contribution in [0.2, 0.25) is 0 Å². The van der Waals surface area contributed by atoms with E-state index in [0.29, 0.717) is 6.42 Å². The molecule has 0 saturated heterocycles. The van der Waals surface area contributed by atoms with Crippen molar-refractivity contribution in [1.29, 1.82) is 0 Å². The first kappa shape index (κ1) is 12.3. The summed E-state index contributed by atoms with van der Waals surface area (Å²) in [4.78, 5) is 0. The molecule has 1 aliphatic carbocycles. The molecule has 19 heavy (non-hydrogen) atoms. The lowest BCUT2D eigenvalue weighted by molar-refractivity contribution is -0.135. The lowest BCUT2D eigenvalue weighted by Crippen LogP contribution is -2.32. The molecule has 0 bridgehead atoms. The fourth-order valence-corrected chi connectivity index (χ4v) is 2.92. The second kappa shape index (κ2) is 4.14. The van der Waals surface area contributed by atoms with Crippen LogP contribution in [-0.4, -0.2) is 5.11 Å². The number of ether oxygens (including phenoxy) is 2. The minimum Gasteiger partial charge on any atom is -0.453 e. The molecule has 3 rings (SSSR count). The summed E-state index contributed by atoms with van der Waals surface area (Å²) in [5, 5.41) is 11.0. The van der Waals surface area contributed by atoms with E-state index in [0.717, 1.165) is 23.1 Å². The van der Waals surface area contributed by atoms with Crippen LogP contribution in [0.25, 0.3) is 0 Å². The van der Waals surface area contributed by atoms with E-state index >= 15 is 0 Å². The van der Waals surface area contributed by atoms with Crippen molar-refractivity contribution in [3.8, 4) is 0 Å². The van der Waals surface area contributed by atoms with Gasteiger partial charge in [-0.2, -0.15) is 0 Å².